The smallest absolute Gasteiger partial charge is 0.254 e. The minimum atomic E-state index is 0.0127. The van der Waals surface area contributed by atoms with Crippen LogP contribution in [-0.4, -0.2) is 4.57 Å². The Kier molecular flexibility index (Phi) is 3.20. The molecule has 14 heavy (non-hydrogen) atoms. The number of pyridine rings is 1. The Morgan fingerprint density at radius 2 is 1.93 bits per heavy atom. The molecule has 0 aliphatic carbocycles. The second-order valence-electron chi connectivity index (χ2n) is 4.49. The van der Waals surface area contributed by atoms with Gasteiger partial charge in [0.05, 0.1) is 0 Å². The number of nitrogens with zero attached hydrogens (tertiary/aromatic N) is 1. The van der Waals surface area contributed by atoms with E-state index in [1.54, 1.807) is 4.57 Å². The van der Waals surface area contributed by atoms with Crippen LogP contribution in [0.4, 0.5) is 0 Å². The first kappa shape index (κ1) is 11.5. The molecule has 0 bridgehead atoms. The Morgan fingerprint density at radius 1 is 1.36 bits per heavy atom. The van der Waals surface area contributed by atoms with Gasteiger partial charge < -0.3 is 4.57 Å². The number of halogens is 1. The molecule has 0 spiro atoms. The van der Waals surface area contributed by atoms with E-state index in [0.29, 0.717) is 5.33 Å². The van der Waals surface area contributed by atoms with Crippen LogP contribution in [0.25, 0.3) is 0 Å². The third-order valence-corrected chi connectivity index (χ3v) is 2.90. The second-order valence-corrected chi connectivity index (χ2v) is 5.05. The van der Waals surface area contributed by atoms with Crippen LogP contribution in [0, 0.1) is 0 Å². The Balaban J connectivity index is 3.40. The van der Waals surface area contributed by atoms with Gasteiger partial charge in [-0.1, -0.05) is 42.8 Å². The molecule has 0 aliphatic rings. The van der Waals surface area contributed by atoms with Crippen molar-refractivity contribution in [3.8, 4) is 0 Å². The summed E-state index contributed by atoms with van der Waals surface area (Å²) in [6.45, 7) is 6.32. The van der Waals surface area contributed by atoms with Crippen molar-refractivity contribution >= 4 is 15.9 Å². The summed E-state index contributed by atoms with van der Waals surface area (Å²) >= 11 is 3.30. The van der Waals surface area contributed by atoms with E-state index >= 15 is 0 Å². The van der Waals surface area contributed by atoms with Crippen molar-refractivity contribution in [1.82, 2.24) is 4.57 Å². The zero-order valence-corrected chi connectivity index (χ0v) is 10.7. The lowest BCUT2D eigenvalue weighted by Gasteiger charge is -2.22. The van der Waals surface area contributed by atoms with Gasteiger partial charge in [0.1, 0.15) is 0 Å². The minimum absolute atomic E-state index is 0.0127. The molecule has 0 aromatic carbocycles. The predicted molar refractivity (Wildman–Crippen MR) is 63.0 cm³/mol. The van der Waals surface area contributed by atoms with Crippen LogP contribution in [0.1, 0.15) is 32.0 Å². The summed E-state index contributed by atoms with van der Waals surface area (Å²) in [7, 11) is 1.83. The topological polar surface area (TPSA) is 22.0 Å². The van der Waals surface area contributed by atoms with Crippen molar-refractivity contribution in [2.75, 3.05) is 0 Å². The third-order valence-electron chi connectivity index (χ3n) is 2.30. The van der Waals surface area contributed by atoms with E-state index in [0.717, 1.165) is 11.3 Å². The lowest BCUT2D eigenvalue weighted by Crippen LogP contribution is -2.29. The summed E-state index contributed by atoms with van der Waals surface area (Å²) in [5.74, 6) is 0. The highest BCUT2D eigenvalue weighted by molar-refractivity contribution is 9.08. The van der Waals surface area contributed by atoms with Crippen LogP contribution < -0.4 is 5.56 Å². The highest BCUT2D eigenvalue weighted by atomic mass is 79.9. The second kappa shape index (κ2) is 3.89. The SMILES string of the molecule is Cn1c(C(C)(C)C)ccc(CBr)c1=O. The molecule has 0 N–H and O–H groups in total. The average molecular weight is 258 g/mol. The zero-order valence-electron chi connectivity index (χ0n) is 9.10. The van der Waals surface area contributed by atoms with E-state index in [1.165, 1.54) is 0 Å². The average Bonchev–Trinajstić information content (AvgIpc) is 2.07. The molecule has 1 heterocycles. The van der Waals surface area contributed by atoms with Gasteiger partial charge in [-0.2, -0.15) is 0 Å². The lowest BCUT2D eigenvalue weighted by molar-refractivity contribution is 0.530. The summed E-state index contributed by atoms with van der Waals surface area (Å²) in [5.41, 5.74) is 1.97. The summed E-state index contributed by atoms with van der Waals surface area (Å²) in [5, 5.41) is 0.615. The standard InChI is InChI=1S/C11H16BrNO/c1-11(2,3)9-6-5-8(7-12)10(14)13(9)4/h5-6H,7H2,1-4H3. The molecule has 0 atom stereocenters. The summed E-state index contributed by atoms with van der Waals surface area (Å²) < 4.78 is 1.73. The molecule has 78 valence electrons. The first-order valence-electron chi connectivity index (χ1n) is 4.63. The molecule has 1 rings (SSSR count). The number of aromatic nitrogens is 1. The van der Waals surface area contributed by atoms with Crippen LogP contribution >= 0.6 is 15.9 Å². The Morgan fingerprint density at radius 3 is 2.36 bits per heavy atom. The van der Waals surface area contributed by atoms with E-state index < -0.39 is 0 Å². The van der Waals surface area contributed by atoms with Gasteiger partial charge in [-0.05, 0) is 6.07 Å². The van der Waals surface area contributed by atoms with Gasteiger partial charge in [-0.25, -0.2) is 0 Å². The van der Waals surface area contributed by atoms with Gasteiger partial charge >= 0.3 is 0 Å². The van der Waals surface area contributed by atoms with Crippen LogP contribution in [-0.2, 0) is 17.8 Å². The van der Waals surface area contributed by atoms with E-state index in [2.05, 4.69) is 36.7 Å². The maximum atomic E-state index is 11.8. The van der Waals surface area contributed by atoms with Gasteiger partial charge in [-0.3, -0.25) is 4.79 Å². The van der Waals surface area contributed by atoms with Crippen molar-refractivity contribution in [2.24, 2.45) is 7.05 Å². The van der Waals surface area contributed by atoms with Gasteiger partial charge in [0.25, 0.3) is 5.56 Å². The highest BCUT2D eigenvalue weighted by Gasteiger charge is 2.17. The summed E-state index contributed by atoms with van der Waals surface area (Å²) in [4.78, 5) is 11.8. The molecule has 3 heteroatoms. The molecule has 0 saturated carbocycles. The van der Waals surface area contributed by atoms with Crippen molar-refractivity contribution < 1.29 is 0 Å². The number of rotatable bonds is 1. The van der Waals surface area contributed by atoms with Crippen LogP contribution in [0.5, 0.6) is 0 Å². The van der Waals surface area contributed by atoms with E-state index in [1.807, 2.05) is 19.2 Å². The third kappa shape index (κ3) is 2.08. The van der Waals surface area contributed by atoms with E-state index in [4.69, 9.17) is 0 Å². The number of alkyl halides is 1. The Hall–Kier alpha value is -0.570. The van der Waals surface area contributed by atoms with Crippen LogP contribution in [0.2, 0.25) is 0 Å². The molecule has 1 aromatic rings. The van der Waals surface area contributed by atoms with Crippen molar-refractivity contribution in [3.05, 3.63) is 33.7 Å². The molecular weight excluding hydrogens is 242 g/mol. The quantitative estimate of drug-likeness (QED) is 0.709. The van der Waals surface area contributed by atoms with Gasteiger partial charge in [0, 0.05) is 29.1 Å². The number of hydrogen-bond donors (Lipinski definition) is 0. The normalized spacial score (nSPS) is 11.8. The first-order chi connectivity index (χ1) is 6.38. The van der Waals surface area contributed by atoms with E-state index in [-0.39, 0.29) is 11.0 Å². The highest BCUT2D eigenvalue weighted by Crippen LogP contribution is 2.20. The first-order valence-corrected chi connectivity index (χ1v) is 5.75. The maximum absolute atomic E-state index is 11.8. The summed E-state index contributed by atoms with van der Waals surface area (Å²) in [6, 6.07) is 3.93. The van der Waals surface area contributed by atoms with Crippen LogP contribution in [0.3, 0.4) is 0 Å². The zero-order chi connectivity index (χ0) is 10.9. The van der Waals surface area contributed by atoms with Crippen molar-refractivity contribution in [3.63, 3.8) is 0 Å². The molecule has 0 fully saturated rings. The summed E-state index contributed by atoms with van der Waals surface area (Å²) in [6.07, 6.45) is 0. The molecule has 0 aliphatic heterocycles. The largest absolute Gasteiger partial charge is 0.315 e. The van der Waals surface area contributed by atoms with Gasteiger partial charge in [0.2, 0.25) is 0 Å². The Bertz CT molecular complexity index is 387. The van der Waals surface area contributed by atoms with Crippen molar-refractivity contribution in [2.45, 2.75) is 31.5 Å². The molecule has 0 saturated heterocycles. The van der Waals surface area contributed by atoms with Gasteiger partial charge in [0.15, 0.2) is 0 Å². The number of hydrogen-bond acceptors (Lipinski definition) is 1. The predicted octanol–water partition coefficient (Wildman–Crippen LogP) is 2.58. The monoisotopic (exact) mass is 257 g/mol. The lowest BCUT2D eigenvalue weighted by atomic mass is 9.91. The molecule has 0 radical (unpaired) electrons. The molecule has 0 unspecified atom stereocenters. The van der Waals surface area contributed by atoms with Gasteiger partial charge in [-0.15, -0.1) is 0 Å². The molecule has 0 amide bonds. The fraction of sp³-hybridized carbons (Fsp3) is 0.545. The van der Waals surface area contributed by atoms with Crippen molar-refractivity contribution in [1.29, 1.82) is 0 Å². The van der Waals surface area contributed by atoms with E-state index in [9.17, 15) is 4.79 Å². The van der Waals surface area contributed by atoms with Crippen LogP contribution in [0.15, 0.2) is 16.9 Å². The Labute approximate surface area is 93.1 Å². The fourth-order valence-electron chi connectivity index (χ4n) is 1.54. The fourth-order valence-corrected chi connectivity index (χ4v) is 1.97. The molecule has 1 aromatic heterocycles. The molecular formula is C11H16BrNO. The molecule has 2 nitrogen and oxygen atoms in total. The minimum Gasteiger partial charge on any atom is -0.315 e. The maximum Gasteiger partial charge on any atom is 0.254 e.